The first kappa shape index (κ1) is 15.7. The first-order valence-corrected chi connectivity index (χ1v) is 8.08. The number of rotatable bonds is 3. The zero-order valence-electron chi connectivity index (χ0n) is 12.4. The van der Waals surface area contributed by atoms with E-state index in [0.717, 1.165) is 31.5 Å². The number of carbonyl (C=O) groups is 1. The third-order valence-corrected chi connectivity index (χ3v) is 4.65. The highest BCUT2D eigenvalue weighted by Gasteiger charge is 2.30. The van der Waals surface area contributed by atoms with Crippen LogP contribution in [0.3, 0.4) is 0 Å². The minimum atomic E-state index is -0.319. The summed E-state index contributed by atoms with van der Waals surface area (Å²) in [7, 11) is 0. The summed E-state index contributed by atoms with van der Waals surface area (Å²) in [6.45, 7) is 4.38. The van der Waals surface area contributed by atoms with Crippen LogP contribution in [0.25, 0.3) is 0 Å². The monoisotopic (exact) mass is 326 g/mol. The molecule has 6 heteroatoms. The lowest BCUT2D eigenvalue weighted by molar-refractivity contribution is -0.142. The first-order chi connectivity index (χ1) is 10.6. The molecule has 0 aliphatic carbocycles. The van der Waals surface area contributed by atoms with Crippen LogP contribution in [-0.2, 0) is 16.1 Å². The van der Waals surface area contributed by atoms with Crippen molar-refractivity contribution < 1.29 is 13.9 Å². The van der Waals surface area contributed by atoms with E-state index < -0.39 is 0 Å². The Morgan fingerprint density at radius 2 is 2.09 bits per heavy atom. The summed E-state index contributed by atoms with van der Waals surface area (Å²) < 4.78 is 18.5. The van der Waals surface area contributed by atoms with Gasteiger partial charge in [-0.05, 0) is 30.5 Å². The number of piperazine rings is 1. The first-order valence-electron chi connectivity index (χ1n) is 7.70. The van der Waals surface area contributed by atoms with Crippen LogP contribution in [-0.4, -0.2) is 54.6 Å². The zero-order chi connectivity index (χ0) is 15.5. The van der Waals surface area contributed by atoms with Gasteiger partial charge in [0.2, 0.25) is 0 Å². The van der Waals surface area contributed by atoms with Crippen LogP contribution in [0, 0.1) is 5.82 Å². The van der Waals surface area contributed by atoms with Crippen molar-refractivity contribution in [3.05, 3.63) is 34.6 Å². The predicted molar refractivity (Wildman–Crippen MR) is 82.2 cm³/mol. The highest BCUT2D eigenvalue weighted by molar-refractivity contribution is 6.31. The number of carbonyl (C=O) groups excluding carboxylic acids is 1. The molecule has 120 valence electrons. The molecule has 0 N–H and O–H groups in total. The van der Waals surface area contributed by atoms with Crippen LogP contribution in [0.15, 0.2) is 18.2 Å². The summed E-state index contributed by atoms with van der Waals surface area (Å²) in [6, 6.07) is 4.49. The van der Waals surface area contributed by atoms with Crippen molar-refractivity contribution in [1.29, 1.82) is 0 Å². The van der Waals surface area contributed by atoms with E-state index >= 15 is 0 Å². The molecule has 0 radical (unpaired) electrons. The van der Waals surface area contributed by atoms with E-state index in [0.29, 0.717) is 31.3 Å². The van der Waals surface area contributed by atoms with Gasteiger partial charge in [0.1, 0.15) is 11.9 Å². The van der Waals surface area contributed by atoms with E-state index in [4.69, 9.17) is 16.3 Å². The molecule has 1 amide bonds. The Bertz CT molecular complexity index is 541. The summed E-state index contributed by atoms with van der Waals surface area (Å²) in [5.41, 5.74) is 0.918. The molecule has 0 spiro atoms. The lowest BCUT2D eigenvalue weighted by Gasteiger charge is -2.35. The fourth-order valence-electron chi connectivity index (χ4n) is 2.99. The average molecular weight is 327 g/mol. The Hall–Kier alpha value is -1.17. The van der Waals surface area contributed by atoms with Crippen molar-refractivity contribution in [1.82, 2.24) is 9.80 Å². The van der Waals surface area contributed by atoms with E-state index in [1.54, 1.807) is 6.07 Å². The van der Waals surface area contributed by atoms with Crippen LogP contribution in [0.2, 0.25) is 5.02 Å². The molecule has 3 rings (SSSR count). The highest BCUT2D eigenvalue weighted by atomic mass is 35.5. The van der Waals surface area contributed by atoms with E-state index in [9.17, 15) is 9.18 Å². The SMILES string of the molecule is O=C([C@@H]1CCCO1)N1CCN(Cc2ccc(F)cc2Cl)CC1. The molecule has 1 aromatic rings. The van der Waals surface area contributed by atoms with Gasteiger partial charge >= 0.3 is 0 Å². The quantitative estimate of drug-likeness (QED) is 0.854. The molecule has 22 heavy (non-hydrogen) atoms. The summed E-state index contributed by atoms with van der Waals surface area (Å²) >= 11 is 6.07. The van der Waals surface area contributed by atoms with Gasteiger partial charge in [0.25, 0.3) is 5.91 Å². The molecule has 2 saturated heterocycles. The molecular formula is C16H20ClFN2O2. The van der Waals surface area contributed by atoms with E-state index in [-0.39, 0.29) is 17.8 Å². The maximum Gasteiger partial charge on any atom is 0.251 e. The van der Waals surface area contributed by atoms with Gasteiger partial charge in [-0.2, -0.15) is 0 Å². The molecule has 2 fully saturated rings. The fraction of sp³-hybridized carbons (Fsp3) is 0.562. The van der Waals surface area contributed by atoms with E-state index in [1.807, 2.05) is 4.90 Å². The van der Waals surface area contributed by atoms with Gasteiger partial charge < -0.3 is 9.64 Å². The topological polar surface area (TPSA) is 32.8 Å². The molecule has 2 aliphatic heterocycles. The number of amides is 1. The van der Waals surface area contributed by atoms with Gasteiger partial charge in [0, 0.05) is 44.4 Å². The molecule has 2 aliphatic rings. The maximum absolute atomic E-state index is 13.1. The smallest absolute Gasteiger partial charge is 0.251 e. The number of halogens is 2. The third-order valence-electron chi connectivity index (χ3n) is 4.30. The van der Waals surface area contributed by atoms with E-state index in [1.165, 1.54) is 12.1 Å². The number of hydrogen-bond donors (Lipinski definition) is 0. The molecule has 4 nitrogen and oxygen atoms in total. The Kier molecular flexibility index (Phi) is 4.96. The number of hydrogen-bond acceptors (Lipinski definition) is 3. The lowest BCUT2D eigenvalue weighted by Crippen LogP contribution is -2.51. The second-order valence-electron chi connectivity index (χ2n) is 5.84. The molecule has 1 atom stereocenters. The summed E-state index contributed by atoms with van der Waals surface area (Å²) in [5.74, 6) is -0.197. The lowest BCUT2D eigenvalue weighted by atomic mass is 10.1. The van der Waals surface area contributed by atoms with Crippen molar-refractivity contribution in [3.8, 4) is 0 Å². The molecule has 0 unspecified atom stereocenters. The summed E-state index contributed by atoms with van der Waals surface area (Å²) in [5, 5.41) is 0.456. The summed E-state index contributed by atoms with van der Waals surface area (Å²) in [6.07, 6.45) is 1.57. The van der Waals surface area contributed by atoms with Crippen molar-refractivity contribution in [3.63, 3.8) is 0 Å². The van der Waals surface area contributed by atoms with Crippen molar-refractivity contribution >= 4 is 17.5 Å². The number of ether oxygens (including phenoxy) is 1. The third kappa shape index (κ3) is 3.59. The predicted octanol–water partition coefficient (Wildman–Crippen LogP) is 2.30. The van der Waals surface area contributed by atoms with Crippen molar-refractivity contribution in [2.24, 2.45) is 0 Å². The molecule has 1 aromatic carbocycles. The van der Waals surface area contributed by atoms with Gasteiger partial charge in [-0.3, -0.25) is 9.69 Å². The average Bonchev–Trinajstić information content (AvgIpc) is 3.04. The van der Waals surface area contributed by atoms with Gasteiger partial charge in [0.05, 0.1) is 0 Å². The van der Waals surface area contributed by atoms with Crippen LogP contribution in [0.4, 0.5) is 4.39 Å². The Morgan fingerprint density at radius 3 is 2.73 bits per heavy atom. The van der Waals surface area contributed by atoms with E-state index in [2.05, 4.69) is 4.90 Å². The Morgan fingerprint density at radius 1 is 1.32 bits per heavy atom. The molecule has 0 bridgehead atoms. The second kappa shape index (κ2) is 6.94. The van der Waals surface area contributed by atoms with Gasteiger partial charge in [0.15, 0.2) is 0 Å². The van der Waals surface area contributed by atoms with Gasteiger partial charge in [-0.25, -0.2) is 4.39 Å². The van der Waals surface area contributed by atoms with Gasteiger partial charge in [-0.1, -0.05) is 17.7 Å². The normalized spacial score (nSPS) is 23.0. The molecule has 0 aromatic heterocycles. The highest BCUT2D eigenvalue weighted by Crippen LogP contribution is 2.20. The fourth-order valence-corrected chi connectivity index (χ4v) is 3.22. The largest absolute Gasteiger partial charge is 0.368 e. The maximum atomic E-state index is 13.1. The summed E-state index contributed by atoms with van der Waals surface area (Å²) in [4.78, 5) is 16.4. The van der Waals surface area contributed by atoms with Gasteiger partial charge in [-0.15, -0.1) is 0 Å². The number of benzene rings is 1. The second-order valence-corrected chi connectivity index (χ2v) is 6.25. The van der Waals surface area contributed by atoms with Crippen LogP contribution >= 0.6 is 11.6 Å². The molecule has 0 saturated carbocycles. The van der Waals surface area contributed by atoms with Crippen molar-refractivity contribution in [2.75, 3.05) is 32.8 Å². The standard InChI is InChI=1S/C16H20ClFN2O2/c17-14-10-13(18)4-3-12(14)11-19-5-7-20(8-6-19)16(21)15-2-1-9-22-15/h3-4,10,15H,1-2,5-9,11H2/t15-/m0/s1. The molecule has 2 heterocycles. The number of nitrogens with zero attached hydrogens (tertiary/aromatic N) is 2. The van der Waals surface area contributed by atoms with Crippen LogP contribution in [0.1, 0.15) is 18.4 Å². The van der Waals surface area contributed by atoms with Crippen LogP contribution < -0.4 is 0 Å². The van der Waals surface area contributed by atoms with Crippen molar-refractivity contribution in [2.45, 2.75) is 25.5 Å². The van der Waals surface area contributed by atoms with Crippen LogP contribution in [0.5, 0.6) is 0 Å². The molecular weight excluding hydrogens is 307 g/mol. The Labute approximate surface area is 134 Å². The minimum Gasteiger partial charge on any atom is -0.368 e. The Balaban J connectivity index is 1.52. The minimum absolute atomic E-state index is 0.122. The zero-order valence-corrected chi connectivity index (χ0v) is 13.2.